The summed E-state index contributed by atoms with van der Waals surface area (Å²) in [6.45, 7) is 0.768. The molecule has 1 aliphatic heterocycles. The van der Waals surface area contributed by atoms with Gasteiger partial charge in [-0.2, -0.15) is 0 Å². The van der Waals surface area contributed by atoms with Crippen LogP contribution in [0.1, 0.15) is 5.56 Å². The monoisotopic (exact) mass is 297 g/mol. The van der Waals surface area contributed by atoms with Crippen molar-refractivity contribution in [2.75, 3.05) is 31.7 Å². The topological polar surface area (TPSA) is 63.7 Å². The maximum absolute atomic E-state index is 12.0. The largest absolute Gasteiger partial charge is 0.468 e. The highest BCUT2D eigenvalue weighted by atomic mass is 32.2. The predicted molar refractivity (Wildman–Crippen MR) is 76.2 cm³/mol. The van der Waals surface area contributed by atoms with Gasteiger partial charge in [-0.15, -0.1) is 0 Å². The summed E-state index contributed by atoms with van der Waals surface area (Å²) in [6.07, 6.45) is 0.535. The maximum atomic E-state index is 12.0. The lowest BCUT2D eigenvalue weighted by atomic mass is 10.0. The SMILES string of the molecule is COC(=O)[C@@H](Cc1ccccc1)N1CCS(=O)(=O)CC1. The van der Waals surface area contributed by atoms with Crippen LogP contribution in [0.25, 0.3) is 0 Å². The van der Waals surface area contributed by atoms with Crippen LogP contribution in [0, 0.1) is 0 Å². The third-order valence-corrected chi connectivity index (χ3v) is 5.17. The first-order valence-electron chi connectivity index (χ1n) is 6.58. The molecule has 0 saturated carbocycles. The molecule has 0 aliphatic carbocycles. The molecule has 1 aliphatic rings. The van der Waals surface area contributed by atoms with Gasteiger partial charge in [0.15, 0.2) is 9.84 Å². The summed E-state index contributed by atoms with van der Waals surface area (Å²) in [6, 6.07) is 9.25. The van der Waals surface area contributed by atoms with Crippen molar-refractivity contribution in [3.05, 3.63) is 35.9 Å². The zero-order valence-corrected chi connectivity index (χ0v) is 12.3. The van der Waals surface area contributed by atoms with Crippen molar-refractivity contribution in [3.63, 3.8) is 0 Å². The molecule has 0 unspecified atom stereocenters. The van der Waals surface area contributed by atoms with Gasteiger partial charge in [0.25, 0.3) is 0 Å². The number of sulfone groups is 1. The van der Waals surface area contributed by atoms with E-state index in [-0.39, 0.29) is 17.5 Å². The van der Waals surface area contributed by atoms with Gasteiger partial charge in [0.1, 0.15) is 6.04 Å². The quantitative estimate of drug-likeness (QED) is 0.757. The van der Waals surface area contributed by atoms with Crippen LogP contribution in [0.2, 0.25) is 0 Å². The summed E-state index contributed by atoms with van der Waals surface area (Å²) in [4.78, 5) is 13.9. The lowest BCUT2D eigenvalue weighted by molar-refractivity contribution is -0.146. The average Bonchev–Trinajstić information content (AvgIpc) is 2.45. The number of methoxy groups -OCH3 is 1. The molecule has 1 aromatic carbocycles. The van der Waals surface area contributed by atoms with E-state index < -0.39 is 15.9 Å². The molecule has 20 heavy (non-hydrogen) atoms. The van der Waals surface area contributed by atoms with Gasteiger partial charge in [-0.3, -0.25) is 9.69 Å². The Hall–Kier alpha value is -1.40. The van der Waals surface area contributed by atoms with Crippen LogP contribution in [0.15, 0.2) is 30.3 Å². The second kappa shape index (κ2) is 6.37. The second-order valence-corrected chi connectivity index (χ2v) is 7.22. The normalized spacial score (nSPS) is 20.2. The van der Waals surface area contributed by atoms with E-state index >= 15 is 0 Å². The van der Waals surface area contributed by atoms with Crippen molar-refractivity contribution in [1.82, 2.24) is 4.90 Å². The van der Waals surface area contributed by atoms with E-state index in [1.807, 2.05) is 35.2 Å². The minimum absolute atomic E-state index is 0.106. The molecule has 0 spiro atoms. The molecule has 110 valence electrons. The van der Waals surface area contributed by atoms with E-state index in [1.54, 1.807) is 0 Å². The van der Waals surface area contributed by atoms with Crippen molar-refractivity contribution in [2.24, 2.45) is 0 Å². The van der Waals surface area contributed by atoms with Gasteiger partial charge >= 0.3 is 5.97 Å². The van der Waals surface area contributed by atoms with Crippen molar-refractivity contribution in [2.45, 2.75) is 12.5 Å². The molecule has 1 saturated heterocycles. The average molecular weight is 297 g/mol. The van der Waals surface area contributed by atoms with Gasteiger partial charge in [-0.25, -0.2) is 8.42 Å². The standard InChI is InChI=1S/C14H19NO4S/c1-19-14(16)13(11-12-5-3-2-4-6-12)15-7-9-20(17,18)10-8-15/h2-6,13H,7-11H2,1H3/t13-/m1/s1. The number of rotatable bonds is 4. The number of nitrogens with zero attached hydrogens (tertiary/aromatic N) is 1. The molecular weight excluding hydrogens is 278 g/mol. The van der Waals surface area contributed by atoms with E-state index in [2.05, 4.69) is 0 Å². The Kier molecular flexibility index (Phi) is 4.77. The molecule has 1 heterocycles. The van der Waals surface area contributed by atoms with Crippen molar-refractivity contribution < 1.29 is 17.9 Å². The van der Waals surface area contributed by atoms with E-state index in [0.717, 1.165) is 5.56 Å². The molecule has 2 rings (SSSR count). The summed E-state index contributed by atoms with van der Waals surface area (Å²) >= 11 is 0. The predicted octanol–water partition coefficient (Wildman–Crippen LogP) is 0.501. The Balaban J connectivity index is 2.10. The fourth-order valence-electron chi connectivity index (χ4n) is 2.37. The van der Waals surface area contributed by atoms with Gasteiger partial charge in [0, 0.05) is 13.1 Å². The zero-order chi connectivity index (χ0) is 14.6. The molecule has 1 aromatic rings. The summed E-state index contributed by atoms with van der Waals surface area (Å²) < 4.78 is 27.8. The Labute approximate surface area is 119 Å². The molecule has 0 N–H and O–H groups in total. The van der Waals surface area contributed by atoms with E-state index in [4.69, 9.17) is 4.74 Å². The van der Waals surface area contributed by atoms with Crippen molar-refractivity contribution in [3.8, 4) is 0 Å². The molecule has 0 amide bonds. The molecule has 0 radical (unpaired) electrons. The van der Waals surface area contributed by atoms with Gasteiger partial charge < -0.3 is 4.74 Å². The molecule has 5 nitrogen and oxygen atoms in total. The summed E-state index contributed by atoms with van der Waals surface area (Å²) in [7, 11) is -1.59. The molecule has 1 fully saturated rings. The fourth-order valence-corrected chi connectivity index (χ4v) is 3.60. The Morgan fingerprint density at radius 1 is 1.25 bits per heavy atom. The lowest BCUT2D eigenvalue weighted by Gasteiger charge is -2.32. The minimum Gasteiger partial charge on any atom is -0.468 e. The third-order valence-electron chi connectivity index (χ3n) is 3.56. The molecule has 1 atom stereocenters. The molecule has 0 bridgehead atoms. The highest BCUT2D eigenvalue weighted by Crippen LogP contribution is 2.14. The van der Waals surface area contributed by atoms with Crippen molar-refractivity contribution >= 4 is 15.8 Å². The number of esters is 1. The summed E-state index contributed by atoms with van der Waals surface area (Å²) in [5, 5.41) is 0. The minimum atomic E-state index is -2.95. The highest BCUT2D eigenvalue weighted by molar-refractivity contribution is 7.91. The number of benzene rings is 1. The number of hydrogen-bond donors (Lipinski definition) is 0. The zero-order valence-electron chi connectivity index (χ0n) is 11.5. The Morgan fingerprint density at radius 2 is 1.85 bits per heavy atom. The molecular formula is C14H19NO4S. The van der Waals surface area contributed by atoms with E-state index in [9.17, 15) is 13.2 Å². The Morgan fingerprint density at radius 3 is 2.40 bits per heavy atom. The molecule has 0 aromatic heterocycles. The van der Waals surface area contributed by atoms with Gasteiger partial charge in [0.2, 0.25) is 0 Å². The van der Waals surface area contributed by atoms with Crippen LogP contribution < -0.4 is 0 Å². The maximum Gasteiger partial charge on any atom is 0.323 e. The second-order valence-electron chi connectivity index (χ2n) is 4.92. The van der Waals surface area contributed by atoms with Crippen LogP contribution in [-0.4, -0.2) is 57.0 Å². The highest BCUT2D eigenvalue weighted by Gasteiger charge is 2.31. The van der Waals surface area contributed by atoms with Gasteiger partial charge in [-0.1, -0.05) is 30.3 Å². The number of carbonyl (C=O) groups excluding carboxylic acids is 1. The number of hydrogen-bond acceptors (Lipinski definition) is 5. The van der Waals surface area contributed by atoms with Crippen LogP contribution in [0.4, 0.5) is 0 Å². The lowest BCUT2D eigenvalue weighted by Crippen LogP contribution is -2.50. The van der Waals surface area contributed by atoms with E-state index in [1.165, 1.54) is 7.11 Å². The number of carbonyl (C=O) groups is 1. The summed E-state index contributed by atoms with van der Waals surface area (Å²) in [5.74, 6) is -0.0990. The van der Waals surface area contributed by atoms with Gasteiger partial charge in [-0.05, 0) is 12.0 Å². The van der Waals surface area contributed by atoms with Crippen LogP contribution in [0.3, 0.4) is 0 Å². The first-order chi connectivity index (χ1) is 9.52. The molecule has 6 heteroatoms. The first kappa shape index (κ1) is 15.0. The Bertz CT molecular complexity index is 542. The van der Waals surface area contributed by atoms with Crippen LogP contribution in [0.5, 0.6) is 0 Å². The van der Waals surface area contributed by atoms with Gasteiger partial charge in [0.05, 0.1) is 18.6 Å². The van der Waals surface area contributed by atoms with Crippen LogP contribution >= 0.6 is 0 Å². The smallest absolute Gasteiger partial charge is 0.323 e. The third kappa shape index (κ3) is 3.80. The first-order valence-corrected chi connectivity index (χ1v) is 8.40. The van der Waals surface area contributed by atoms with E-state index in [0.29, 0.717) is 19.5 Å². The summed E-state index contributed by atoms with van der Waals surface area (Å²) in [5.41, 5.74) is 1.04. The number of ether oxygens (including phenoxy) is 1. The van der Waals surface area contributed by atoms with Crippen LogP contribution in [-0.2, 0) is 25.8 Å². The van der Waals surface area contributed by atoms with Crippen molar-refractivity contribution in [1.29, 1.82) is 0 Å². The fraction of sp³-hybridized carbons (Fsp3) is 0.500.